The van der Waals surface area contributed by atoms with Gasteiger partial charge in [-0.15, -0.1) is 0 Å². The van der Waals surface area contributed by atoms with Crippen LogP contribution in [0.2, 0.25) is 5.15 Å². The van der Waals surface area contributed by atoms with Crippen LogP contribution in [0.3, 0.4) is 0 Å². The number of pyridine rings is 1. The number of nitrogens with one attached hydrogen (secondary N) is 1. The lowest BCUT2D eigenvalue weighted by molar-refractivity contribution is -0.117. The summed E-state index contributed by atoms with van der Waals surface area (Å²) in [6.07, 6.45) is -0.00971. The molecule has 1 aliphatic rings. The van der Waals surface area contributed by atoms with Crippen molar-refractivity contribution in [3.8, 4) is 0 Å². The number of hydrogen-bond donors (Lipinski definition) is 2. The van der Waals surface area contributed by atoms with Gasteiger partial charge in [0, 0.05) is 30.6 Å². The van der Waals surface area contributed by atoms with Gasteiger partial charge in [0.05, 0.1) is 17.6 Å². The second-order valence-electron chi connectivity index (χ2n) is 6.41. The molecule has 1 saturated heterocycles. The molecule has 128 valence electrons. The Morgan fingerprint density at radius 1 is 1.42 bits per heavy atom. The Labute approximate surface area is 145 Å². The van der Waals surface area contributed by atoms with Gasteiger partial charge in [0.2, 0.25) is 5.91 Å². The maximum atomic E-state index is 13.8. The molecule has 1 fully saturated rings. The van der Waals surface area contributed by atoms with Gasteiger partial charge >= 0.3 is 0 Å². The summed E-state index contributed by atoms with van der Waals surface area (Å²) < 4.78 is 13.8. The van der Waals surface area contributed by atoms with Gasteiger partial charge in [-0.05, 0) is 37.6 Å². The molecular formula is C17H20ClFN4O. The average molecular weight is 351 g/mol. The summed E-state index contributed by atoms with van der Waals surface area (Å²) in [7, 11) is 0. The van der Waals surface area contributed by atoms with Crippen molar-refractivity contribution in [2.45, 2.75) is 32.4 Å². The lowest BCUT2D eigenvalue weighted by Gasteiger charge is -2.39. The lowest BCUT2D eigenvalue weighted by Crippen LogP contribution is -2.54. The molecule has 2 heterocycles. The Kier molecular flexibility index (Phi) is 4.60. The maximum Gasteiger partial charge on any atom is 0.221 e. The Morgan fingerprint density at radius 2 is 2.08 bits per heavy atom. The molecule has 3 rings (SSSR count). The molecule has 0 radical (unpaired) electrons. The number of aromatic nitrogens is 1. The van der Waals surface area contributed by atoms with Crippen LogP contribution in [0.4, 0.5) is 10.1 Å². The lowest BCUT2D eigenvalue weighted by atomic mass is 10.0. The zero-order valence-corrected chi connectivity index (χ0v) is 14.4. The van der Waals surface area contributed by atoms with E-state index in [2.05, 4.69) is 29.0 Å². The summed E-state index contributed by atoms with van der Waals surface area (Å²) in [5.74, 6) is -0.870. The van der Waals surface area contributed by atoms with Crippen molar-refractivity contribution >= 4 is 34.1 Å². The second kappa shape index (κ2) is 6.53. The van der Waals surface area contributed by atoms with E-state index in [1.807, 2.05) is 0 Å². The predicted molar refractivity (Wildman–Crippen MR) is 93.9 cm³/mol. The minimum atomic E-state index is -0.486. The number of anilines is 1. The summed E-state index contributed by atoms with van der Waals surface area (Å²) in [6, 6.07) is 4.79. The first-order valence-corrected chi connectivity index (χ1v) is 8.30. The number of primary amides is 1. The standard InChI is InChI=1S/C17H20ClFN4O/c1-9-7-23(8-10(2)21-9)16-13(6-15(20)24)12-5-11(19)3-4-14(12)22-17(16)18/h3-5,9-10,21H,6-8H2,1-2H3,(H2,20,24)/t9-,10+. The fourth-order valence-electron chi connectivity index (χ4n) is 3.44. The monoisotopic (exact) mass is 350 g/mol. The normalized spacial score (nSPS) is 21.2. The summed E-state index contributed by atoms with van der Waals surface area (Å²) in [4.78, 5) is 18.1. The van der Waals surface area contributed by atoms with E-state index < -0.39 is 5.91 Å². The zero-order chi connectivity index (χ0) is 17.4. The van der Waals surface area contributed by atoms with Gasteiger partial charge in [-0.25, -0.2) is 9.37 Å². The molecule has 24 heavy (non-hydrogen) atoms. The Bertz CT molecular complexity index is 788. The third-order valence-corrected chi connectivity index (χ3v) is 4.47. The molecule has 0 saturated carbocycles. The Hall–Kier alpha value is -1.92. The van der Waals surface area contributed by atoms with E-state index in [-0.39, 0.29) is 24.3 Å². The van der Waals surface area contributed by atoms with Crippen LogP contribution in [0.5, 0.6) is 0 Å². The van der Waals surface area contributed by atoms with Gasteiger partial charge < -0.3 is 16.0 Å². The van der Waals surface area contributed by atoms with Crippen molar-refractivity contribution in [3.63, 3.8) is 0 Å². The molecule has 1 aromatic carbocycles. The number of halogens is 2. The topological polar surface area (TPSA) is 71.2 Å². The van der Waals surface area contributed by atoms with Crippen LogP contribution in [0, 0.1) is 5.82 Å². The summed E-state index contributed by atoms with van der Waals surface area (Å²) >= 11 is 6.44. The second-order valence-corrected chi connectivity index (χ2v) is 6.77. The molecule has 2 atom stereocenters. The van der Waals surface area contributed by atoms with Crippen molar-refractivity contribution in [2.24, 2.45) is 5.73 Å². The Morgan fingerprint density at radius 3 is 2.71 bits per heavy atom. The van der Waals surface area contributed by atoms with Crippen molar-refractivity contribution in [3.05, 3.63) is 34.7 Å². The fourth-order valence-corrected chi connectivity index (χ4v) is 3.77. The highest BCUT2D eigenvalue weighted by Gasteiger charge is 2.27. The number of rotatable bonds is 3. The van der Waals surface area contributed by atoms with Gasteiger partial charge in [0.25, 0.3) is 0 Å². The van der Waals surface area contributed by atoms with Crippen molar-refractivity contribution in [1.82, 2.24) is 10.3 Å². The number of carbonyl (C=O) groups excluding carboxylic acids is 1. The van der Waals surface area contributed by atoms with Crippen LogP contribution in [-0.4, -0.2) is 36.1 Å². The van der Waals surface area contributed by atoms with Gasteiger partial charge in [0.15, 0.2) is 5.15 Å². The third kappa shape index (κ3) is 3.30. The van der Waals surface area contributed by atoms with E-state index in [1.165, 1.54) is 12.1 Å². The summed E-state index contributed by atoms with van der Waals surface area (Å²) in [5, 5.41) is 4.34. The largest absolute Gasteiger partial charge is 0.369 e. The van der Waals surface area contributed by atoms with Crippen molar-refractivity contribution in [1.29, 1.82) is 0 Å². The molecule has 0 aliphatic carbocycles. The van der Waals surface area contributed by atoms with E-state index in [0.29, 0.717) is 27.3 Å². The number of fused-ring (bicyclic) bond motifs is 1. The number of piperazine rings is 1. The molecule has 0 bridgehead atoms. The molecule has 0 unspecified atom stereocenters. The van der Waals surface area contributed by atoms with Gasteiger partial charge in [-0.2, -0.15) is 0 Å². The van der Waals surface area contributed by atoms with E-state index in [9.17, 15) is 9.18 Å². The first kappa shape index (κ1) is 16.9. The van der Waals surface area contributed by atoms with Crippen LogP contribution in [0.25, 0.3) is 10.9 Å². The summed E-state index contributed by atoms with van der Waals surface area (Å²) in [6.45, 7) is 5.60. The van der Waals surface area contributed by atoms with E-state index in [1.54, 1.807) is 6.07 Å². The van der Waals surface area contributed by atoms with Gasteiger partial charge in [0.1, 0.15) is 5.82 Å². The van der Waals surface area contributed by atoms with Crippen molar-refractivity contribution in [2.75, 3.05) is 18.0 Å². The number of nitrogens with two attached hydrogens (primary N) is 1. The summed E-state index contributed by atoms with van der Waals surface area (Å²) in [5.41, 5.74) is 7.30. The number of amides is 1. The quantitative estimate of drug-likeness (QED) is 0.833. The highest BCUT2D eigenvalue weighted by molar-refractivity contribution is 6.33. The van der Waals surface area contributed by atoms with Crippen LogP contribution in [0.15, 0.2) is 18.2 Å². The maximum absolute atomic E-state index is 13.8. The molecule has 1 aromatic heterocycles. The smallest absolute Gasteiger partial charge is 0.221 e. The number of nitrogens with zero attached hydrogens (tertiary/aromatic N) is 2. The number of hydrogen-bond acceptors (Lipinski definition) is 4. The molecule has 2 aromatic rings. The molecule has 5 nitrogen and oxygen atoms in total. The molecule has 3 N–H and O–H groups in total. The van der Waals surface area contributed by atoms with E-state index in [4.69, 9.17) is 17.3 Å². The minimum absolute atomic E-state index is 0.00971. The van der Waals surface area contributed by atoms with Gasteiger partial charge in [-0.3, -0.25) is 4.79 Å². The number of carbonyl (C=O) groups is 1. The predicted octanol–water partition coefficient (Wildman–Crippen LogP) is 2.24. The number of benzene rings is 1. The van der Waals surface area contributed by atoms with E-state index in [0.717, 1.165) is 13.1 Å². The third-order valence-electron chi connectivity index (χ3n) is 4.21. The zero-order valence-electron chi connectivity index (χ0n) is 13.6. The molecule has 1 amide bonds. The fraction of sp³-hybridized carbons (Fsp3) is 0.412. The van der Waals surface area contributed by atoms with Crippen LogP contribution in [-0.2, 0) is 11.2 Å². The SMILES string of the molecule is C[C@@H]1CN(c2c(Cl)nc3ccc(F)cc3c2CC(N)=O)C[C@H](C)N1. The first-order chi connectivity index (χ1) is 11.3. The van der Waals surface area contributed by atoms with Crippen molar-refractivity contribution < 1.29 is 9.18 Å². The Balaban J connectivity index is 2.21. The highest BCUT2D eigenvalue weighted by Crippen LogP contribution is 2.35. The molecule has 1 aliphatic heterocycles. The van der Waals surface area contributed by atoms with Crippen LogP contribution in [0.1, 0.15) is 19.4 Å². The minimum Gasteiger partial charge on any atom is -0.369 e. The molecular weight excluding hydrogens is 331 g/mol. The highest BCUT2D eigenvalue weighted by atomic mass is 35.5. The van der Waals surface area contributed by atoms with Crippen LogP contribution < -0.4 is 16.0 Å². The molecule has 7 heteroatoms. The first-order valence-electron chi connectivity index (χ1n) is 7.92. The molecule has 0 spiro atoms. The van der Waals surface area contributed by atoms with E-state index >= 15 is 0 Å². The average Bonchev–Trinajstić information content (AvgIpc) is 2.46. The van der Waals surface area contributed by atoms with Gasteiger partial charge in [-0.1, -0.05) is 11.6 Å². The van der Waals surface area contributed by atoms with Crippen LogP contribution >= 0.6 is 11.6 Å².